The first-order valence-electron chi connectivity index (χ1n) is 44.1. The van der Waals surface area contributed by atoms with Crippen LogP contribution in [0.4, 0.5) is 0 Å². The minimum atomic E-state index is -4.94. The van der Waals surface area contributed by atoms with E-state index in [0.717, 1.165) is 167 Å². The van der Waals surface area contributed by atoms with Crippen LogP contribution < -0.4 is 0 Å². The Morgan fingerprint density at radius 1 is 0.261 bits per heavy atom. The maximum atomic E-state index is 13.0. The number of esters is 3. The van der Waals surface area contributed by atoms with Crippen LogP contribution in [-0.2, 0) is 55.8 Å². The molecule has 0 fully saturated rings. The van der Waals surface area contributed by atoms with Crippen LogP contribution in [0.15, 0.2) is 146 Å². The average Bonchev–Trinajstić information content (AvgIpc) is 0.901. The molecule has 5 unspecified atom stereocenters. The first-order valence-corrected chi connectivity index (χ1v) is 47.1. The number of hydrogen-bond donors (Lipinski definition) is 4. The number of hydrogen-bond acceptors (Lipinski definition) is 14. The number of phosphoric ester groups is 2. The molecule has 0 aliphatic carbocycles. The van der Waals surface area contributed by atoms with Crippen molar-refractivity contribution >= 4 is 33.6 Å². The molecule has 4 N–H and O–H groups in total. The van der Waals surface area contributed by atoms with Gasteiger partial charge < -0.3 is 34.2 Å². The Labute approximate surface area is 677 Å². The monoisotopic (exact) mass is 1600 g/mol. The van der Waals surface area contributed by atoms with Gasteiger partial charge in [0.1, 0.15) is 25.4 Å². The van der Waals surface area contributed by atoms with Crippen molar-refractivity contribution in [1.29, 1.82) is 0 Å². The maximum absolute atomic E-state index is 13.0. The summed E-state index contributed by atoms with van der Waals surface area (Å²) in [5, 5.41) is 20.7. The Hall–Kier alpha value is -4.57. The van der Waals surface area contributed by atoms with Gasteiger partial charge >= 0.3 is 33.6 Å². The van der Waals surface area contributed by atoms with Crippen LogP contribution >= 0.6 is 15.6 Å². The quantitative estimate of drug-likeness (QED) is 0.0146. The highest BCUT2D eigenvalue weighted by atomic mass is 31.2. The molecule has 0 heterocycles. The van der Waals surface area contributed by atoms with Gasteiger partial charge in [0.15, 0.2) is 6.10 Å². The molecule has 0 aromatic carbocycles. The van der Waals surface area contributed by atoms with Gasteiger partial charge in [0, 0.05) is 19.3 Å². The molecule has 638 valence electrons. The van der Waals surface area contributed by atoms with Crippen LogP contribution in [0.1, 0.15) is 367 Å². The van der Waals surface area contributed by atoms with Crippen molar-refractivity contribution in [2.24, 2.45) is 0 Å². The second-order valence-corrected chi connectivity index (χ2v) is 32.2. The smallest absolute Gasteiger partial charge is 0.463 e. The molecule has 111 heavy (non-hydrogen) atoms. The van der Waals surface area contributed by atoms with Crippen molar-refractivity contribution in [2.45, 2.75) is 386 Å². The Morgan fingerprint density at radius 2 is 0.477 bits per heavy atom. The predicted molar refractivity (Wildman–Crippen MR) is 463 cm³/mol. The van der Waals surface area contributed by atoms with E-state index in [1.54, 1.807) is 0 Å². The number of aliphatic hydroxyl groups excluding tert-OH is 2. The molecule has 0 aromatic rings. The van der Waals surface area contributed by atoms with E-state index < -0.39 is 91.5 Å². The third kappa shape index (κ3) is 86.1. The van der Waals surface area contributed by atoms with E-state index in [1.165, 1.54) is 141 Å². The number of aliphatic hydroxyl groups is 2. The number of phosphoric acid groups is 2. The highest BCUT2D eigenvalue weighted by Crippen LogP contribution is 2.45. The van der Waals surface area contributed by atoms with E-state index in [4.69, 9.17) is 32.3 Å². The van der Waals surface area contributed by atoms with Gasteiger partial charge in [0.25, 0.3) is 0 Å². The lowest BCUT2D eigenvalue weighted by atomic mass is 10.0. The third-order valence-corrected chi connectivity index (χ3v) is 20.4. The summed E-state index contributed by atoms with van der Waals surface area (Å²) in [6, 6.07) is 0. The molecule has 0 saturated carbocycles. The summed E-state index contributed by atoms with van der Waals surface area (Å²) in [6.07, 6.45) is 106. The van der Waals surface area contributed by atoms with E-state index in [0.29, 0.717) is 19.3 Å². The lowest BCUT2D eigenvalue weighted by molar-refractivity contribution is -0.161. The van der Waals surface area contributed by atoms with Crippen molar-refractivity contribution in [3.8, 4) is 0 Å². The van der Waals surface area contributed by atoms with Gasteiger partial charge in [-0.25, -0.2) is 9.13 Å². The minimum Gasteiger partial charge on any atom is -0.463 e. The van der Waals surface area contributed by atoms with Crippen LogP contribution in [-0.4, -0.2) is 95.9 Å². The second-order valence-electron chi connectivity index (χ2n) is 29.3. The van der Waals surface area contributed by atoms with E-state index >= 15 is 0 Å². The first kappa shape index (κ1) is 106. The van der Waals surface area contributed by atoms with Crippen molar-refractivity contribution < 1.29 is 75.8 Å². The van der Waals surface area contributed by atoms with Crippen LogP contribution in [0, 0.1) is 0 Å². The summed E-state index contributed by atoms with van der Waals surface area (Å²) in [6.45, 7) is 2.45. The van der Waals surface area contributed by atoms with Crippen molar-refractivity contribution in [2.75, 3.05) is 39.6 Å². The van der Waals surface area contributed by atoms with Gasteiger partial charge in [-0.2, -0.15) is 0 Å². The molecule has 18 heteroatoms. The normalized spacial score (nSPS) is 14.5. The van der Waals surface area contributed by atoms with Crippen molar-refractivity contribution in [3.63, 3.8) is 0 Å². The Balaban J connectivity index is 4.50. The van der Waals surface area contributed by atoms with Gasteiger partial charge in [-0.15, -0.1) is 0 Å². The van der Waals surface area contributed by atoms with Crippen LogP contribution in [0.3, 0.4) is 0 Å². The average molecular weight is 1600 g/mol. The lowest BCUT2D eigenvalue weighted by Crippen LogP contribution is -2.30. The molecule has 0 aliphatic rings. The highest BCUT2D eigenvalue weighted by Gasteiger charge is 2.29. The molecular weight excluding hydrogens is 1430 g/mol. The van der Waals surface area contributed by atoms with Gasteiger partial charge in [-0.05, 0) is 141 Å². The van der Waals surface area contributed by atoms with Crippen molar-refractivity contribution in [1.82, 2.24) is 0 Å². The lowest BCUT2D eigenvalue weighted by Gasteiger charge is -2.21. The van der Waals surface area contributed by atoms with Gasteiger partial charge in [-0.1, -0.05) is 353 Å². The standard InChI is InChI=1S/C93H160O16P2/c1-4-7-10-13-16-19-22-25-28-31-33-35-37-39-40-41-42-43-44-45-46-48-50-51-53-56-58-61-64-67-70-73-76-79-91(96)103-82-88(94)83-105-110(99,100)106-84-89(95)85-107-111(101,102)108-87-90(109-93(98)81-78-75-72-69-66-63-60-55-30-27-24-21-18-15-12-9-6-3)86-104-92(97)80-77-74-71-68-65-62-59-57-54-52-49-47-38-36-34-32-29-26-23-20-17-14-11-8-5-2/h7,9-10,12,16-21,25-30,33-36,39-40,47,49,88-90,94-95H,4-6,8,11,13-15,22-24,31-32,37-38,41-46,48,50-87H2,1-3H3,(H,99,100)(H,101,102)/b10-7-,12-9-,19-16-,20-17-,21-18-,28-25-,29-26-,30-27-,35-33-,36-34-,40-39-,49-47-. The summed E-state index contributed by atoms with van der Waals surface area (Å²) < 4.78 is 61.4. The molecule has 0 spiro atoms. The zero-order chi connectivity index (χ0) is 80.8. The van der Waals surface area contributed by atoms with E-state index in [2.05, 4.69) is 167 Å². The summed E-state index contributed by atoms with van der Waals surface area (Å²) in [4.78, 5) is 58.9. The topological polar surface area (TPSA) is 231 Å². The Morgan fingerprint density at radius 3 is 0.757 bits per heavy atom. The largest absolute Gasteiger partial charge is 0.472 e. The summed E-state index contributed by atoms with van der Waals surface area (Å²) in [5.74, 6) is -1.58. The fraction of sp³-hybridized carbons (Fsp3) is 0.710. The second kappa shape index (κ2) is 84.8. The summed E-state index contributed by atoms with van der Waals surface area (Å²) >= 11 is 0. The van der Waals surface area contributed by atoms with Crippen molar-refractivity contribution in [3.05, 3.63) is 146 Å². The fourth-order valence-corrected chi connectivity index (χ4v) is 13.5. The molecule has 0 bridgehead atoms. The zero-order valence-corrected chi connectivity index (χ0v) is 71.9. The maximum Gasteiger partial charge on any atom is 0.472 e. The third-order valence-electron chi connectivity index (χ3n) is 18.5. The Bertz CT molecular complexity index is 2600. The number of unbranched alkanes of at least 4 members (excludes halogenated alkanes) is 36. The van der Waals surface area contributed by atoms with Crippen LogP contribution in [0.25, 0.3) is 0 Å². The molecule has 0 aromatic heterocycles. The number of carbonyl (C=O) groups excluding carboxylic acids is 3. The Kier molecular flexibility index (Phi) is 81.3. The zero-order valence-electron chi connectivity index (χ0n) is 70.1. The number of carbonyl (C=O) groups is 3. The molecule has 0 rings (SSSR count). The van der Waals surface area contributed by atoms with Crippen LogP contribution in [0.2, 0.25) is 0 Å². The predicted octanol–water partition coefficient (Wildman–Crippen LogP) is 26.8. The van der Waals surface area contributed by atoms with E-state index in [9.17, 15) is 43.5 Å². The van der Waals surface area contributed by atoms with Gasteiger partial charge in [0.2, 0.25) is 0 Å². The molecule has 0 radical (unpaired) electrons. The van der Waals surface area contributed by atoms with E-state index in [-0.39, 0.29) is 19.3 Å². The molecule has 0 aliphatic heterocycles. The minimum absolute atomic E-state index is 0.0896. The number of allylic oxidation sites excluding steroid dienone is 24. The van der Waals surface area contributed by atoms with Gasteiger partial charge in [-0.3, -0.25) is 32.5 Å². The summed E-state index contributed by atoms with van der Waals surface area (Å²) in [5.41, 5.74) is 0. The van der Waals surface area contributed by atoms with E-state index in [1.807, 2.05) is 0 Å². The SMILES string of the molecule is CC/C=C\C/C=C\C/C=C\C/C=C\C/C=C\CCCCCCCCCCCCCCCCCCCC(=O)OCC(O)COP(=O)(O)OCC(O)COP(=O)(O)OCC(COC(=O)CCCCCCCCCCC/C=C\C/C=C\C/C=C\C/C=C\CCCCC)OC(=O)CCCCCCCCC/C=C\C/C=C\C/C=C\CC. The van der Waals surface area contributed by atoms with Gasteiger partial charge in [0.05, 0.1) is 26.4 Å². The first-order chi connectivity index (χ1) is 54.2. The molecule has 16 nitrogen and oxygen atoms in total. The molecular formula is C93H160O16P2. The molecule has 0 saturated heterocycles. The van der Waals surface area contributed by atoms with Crippen LogP contribution in [0.5, 0.6) is 0 Å². The molecule has 0 amide bonds. The fourth-order valence-electron chi connectivity index (χ4n) is 11.9. The molecule has 5 atom stereocenters. The number of rotatable bonds is 83. The number of ether oxygens (including phenoxy) is 3. The highest BCUT2D eigenvalue weighted by molar-refractivity contribution is 7.47. The summed E-state index contributed by atoms with van der Waals surface area (Å²) in [7, 11) is -9.81.